The molecule has 0 amide bonds. The lowest BCUT2D eigenvalue weighted by Crippen LogP contribution is -2.23. The zero-order valence-corrected chi connectivity index (χ0v) is 17.2. The van der Waals surface area contributed by atoms with Crippen LogP contribution in [0.4, 0.5) is 10.1 Å². The Morgan fingerprint density at radius 2 is 1.38 bits per heavy atom. The molecule has 0 unspecified atom stereocenters. The number of rotatable bonds is 7. The molecule has 3 aromatic rings. The average molecular weight is 387 g/mol. The lowest BCUT2D eigenvalue weighted by molar-refractivity contribution is -0.112. The van der Waals surface area contributed by atoms with Crippen LogP contribution in [0.25, 0.3) is 6.08 Å². The topological polar surface area (TPSA) is 20.3 Å². The van der Waals surface area contributed by atoms with Gasteiger partial charge in [-0.05, 0) is 62.2 Å². The van der Waals surface area contributed by atoms with Crippen LogP contribution in [0.1, 0.15) is 34.7 Å². The van der Waals surface area contributed by atoms with Gasteiger partial charge in [-0.3, -0.25) is 4.79 Å². The Labute approximate surface area is 172 Å². The molecule has 29 heavy (non-hydrogen) atoms. The number of hydrogen-bond donors (Lipinski definition) is 0. The Bertz CT molecular complexity index is 956. The summed E-state index contributed by atoms with van der Waals surface area (Å²) in [6.07, 6.45) is 3.17. The van der Waals surface area contributed by atoms with Gasteiger partial charge in [-0.25, -0.2) is 4.39 Å². The molecule has 3 heteroatoms. The third-order valence-electron chi connectivity index (χ3n) is 4.82. The van der Waals surface area contributed by atoms with Gasteiger partial charge in [0.25, 0.3) is 0 Å². The first-order valence-corrected chi connectivity index (χ1v) is 9.75. The van der Waals surface area contributed by atoms with Gasteiger partial charge in [-0.2, -0.15) is 0 Å². The number of ketones is 1. The van der Waals surface area contributed by atoms with Crippen molar-refractivity contribution in [3.05, 3.63) is 106 Å². The van der Waals surface area contributed by atoms with E-state index in [1.54, 1.807) is 12.1 Å². The second-order valence-corrected chi connectivity index (χ2v) is 7.47. The fraction of sp³-hybridized carbons (Fsp3) is 0.192. The third kappa shape index (κ3) is 5.89. The summed E-state index contributed by atoms with van der Waals surface area (Å²) in [5.41, 5.74) is 6.36. The molecule has 3 aromatic carbocycles. The fourth-order valence-corrected chi connectivity index (χ4v) is 3.21. The number of nitrogens with zero attached hydrogens (tertiary/aromatic N) is 1. The lowest BCUT2D eigenvalue weighted by Gasteiger charge is -2.27. The van der Waals surface area contributed by atoms with E-state index < -0.39 is 0 Å². The monoisotopic (exact) mass is 387 g/mol. The van der Waals surface area contributed by atoms with Crippen molar-refractivity contribution in [3.8, 4) is 0 Å². The maximum Gasteiger partial charge on any atom is 0.152 e. The van der Waals surface area contributed by atoms with E-state index >= 15 is 0 Å². The Kier molecular flexibility index (Phi) is 6.61. The van der Waals surface area contributed by atoms with Crippen molar-refractivity contribution in [2.75, 3.05) is 4.90 Å². The highest BCUT2D eigenvalue weighted by molar-refractivity contribution is 5.92. The number of carbonyl (C=O) groups excluding carboxylic acids is 1. The van der Waals surface area contributed by atoms with Crippen LogP contribution in [-0.4, -0.2) is 5.78 Å². The van der Waals surface area contributed by atoms with Crippen LogP contribution < -0.4 is 4.90 Å². The van der Waals surface area contributed by atoms with Gasteiger partial charge in [0.15, 0.2) is 5.78 Å². The SMILES string of the molecule is CC(=O)/C=C/c1cc(F)ccc1N(Cc1ccc(C)cc1)Cc1ccc(C)cc1. The molecule has 148 valence electrons. The van der Waals surface area contributed by atoms with E-state index in [9.17, 15) is 9.18 Å². The zero-order chi connectivity index (χ0) is 20.8. The molecule has 0 bridgehead atoms. The minimum absolute atomic E-state index is 0.0659. The number of hydrogen-bond acceptors (Lipinski definition) is 2. The second kappa shape index (κ2) is 9.33. The van der Waals surface area contributed by atoms with Crippen molar-refractivity contribution in [3.63, 3.8) is 0 Å². The molecule has 3 rings (SSSR count). The summed E-state index contributed by atoms with van der Waals surface area (Å²) in [6.45, 7) is 6.99. The smallest absolute Gasteiger partial charge is 0.152 e. The molecule has 2 nitrogen and oxygen atoms in total. The predicted octanol–water partition coefficient (Wildman–Crippen LogP) is 6.25. The van der Waals surface area contributed by atoms with Gasteiger partial charge in [0.2, 0.25) is 0 Å². The molecule has 0 aliphatic carbocycles. The van der Waals surface area contributed by atoms with Crippen LogP contribution in [0.2, 0.25) is 0 Å². The van der Waals surface area contributed by atoms with Crippen molar-refractivity contribution in [2.45, 2.75) is 33.9 Å². The van der Waals surface area contributed by atoms with Gasteiger partial charge in [-0.15, -0.1) is 0 Å². The van der Waals surface area contributed by atoms with E-state index in [1.807, 2.05) is 0 Å². The average Bonchev–Trinajstić information content (AvgIpc) is 2.69. The number of halogens is 1. The van der Waals surface area contributed by atoms with Gasteiger partial charge < -0.3 is 4.90 Å². The van der Waals surface area contributed by atoms with Crippen LogP contribution >= 0.6 is 0 Å². The molecule has 0 spiro atoms. The largest absolute Gasteiger partial charge is 0.362 e. The molecule has 0 aliphatic heterocycles. The standard InChI is InChI=1S/C26H26FNO/c1-19-4-9-22(10-5-19)17-28(18-23-11-6-20(2)7-12-23)26-15-14-25(27)16-24(26)13-8-21(3)29/h4-16H,17-18H2,1-3H3/b13-8+. The first-order chi connectivity index (χ1) is 13.9. The van der Waals surface area contributed by atoms with Gasteiger partial charge in [0.1, 0.15) is 5.82 Å². The molecule has 0 saturated carbocycles. The van der Waals surface area contributed by atoms with Crippen molar-refractivity contribution in [2.24, 2.45) is 0 Å². The molecule has 0 atom stereocenters. The van der Waals surface area contributed by atoms with Crippen LogP contribution in [0, 0.1) is 19.7 Å². The molecule has 0 aliphatic rings. The van der Waals surface area contributed by atoms with Crippen LogP contribution in [-0.2, 0) is 17.9 Å². The van der Waals surface area contributed by atoms with Crippen molar-refractivity contribution in [1.29, 1.82) is 0 Å². The van der Waals surface area contributed by atoms with Crippen LogP contribution in [0.3, 0.4) is 0 Å². The lowest BCUT2D eigenvalue weighted by atomic mass is 10.1. The zero-order valence-electron chi connectivity index (χ0n) is 17.2. The minimum Gasteiger partial charge on any atom is -0.362 e. The van der Waals surface area contributed by atoms with E-state index in [1.165, 1.54) is 47.4 Å². The molecule has 0 aromatic heterocycles. The highest BCUT2D eigenvalue weighted by Gasteiger charge is 2.13. The van der Waals surface area contributed by atoms with Crippen molar-refractivity contribution >= 4 is 17.5 Å². The molecule has 0 fully saturated rings. The molecular weight excluding hydrogens is 361 g/mol. The Morgan fingerprint density at radius 1 is 0.862 bits per heavy atom. The summed E-state index contributed by atoms with van der Waals surface area (Å²) in [5.74, 6) is -0.383. The van der Waals surface area contributed by atoms with E-state index in [2.05, 4.69) is 67.3 Å². The van der Waals surface area contributed by atoms with E-state index in [0.29, 0.717) is 18.7 Å². The van der Waals surface area contributed by atoms with Crippen LogP contribution in [0.5, 0.6) is 0 Å². The minimum atomic E-state index is -0.317. The predicted molar refractivity (Wildman–Crippen MR) is 118 cm³/mol. The summed E-state index contributed by atoms with van der Waals surface area (Å²) in [4.78, 5) is 13.7. The summed E-state index contributed by atoms with van der Waals surface area (Å²) in [5, 5.41) is 0. The molecule has 0 saturated heterocycles. The summed E-state index contributed by atoms with van der Waals surface area (Å²) >= 11 is 0. The molecule has 0 radical (unpaired) electrons. The van der Waals surface area contributed by atoms with E-state index in [0.717, 1.165) is 5.69 Å². The molecule has 0 N–H and O–H groups in total. The van der Waals surface area contributed by atoms with Gasteiger partial charge in [0.05, 0.1) is 0 Å². The number of allylic oxidation sites excluding steroid dienone is 1. The number of benzene rings is 3. The Hall–Kier alpha value is -3.20. The highest BCUT2D eigenvalue weighted by Crippen LogP contribution is 2.27. The third-order valence-corrected chi connectivity index (χ3v) is 4.82. The maximum absolute atomic E-state index is 13.9. The number of anilines is 1. The quantitative estimate of drug-likeness (QED) is 0.447. The number of aryl methyl sites for hydroxylation is 2. The first-order valence-electron chi connectivity index (χ1n) is 9.75. The van der Waals surface area contributed by atoms with E-state index in [4.69, 9.17) is 0 Å². The molecular formula is C26H26FNO. The first kappa shape index (κ1) is 20.5. The normalized spacial score (nSPS) is 11.0. The highest BCUT2D eigenvalue weighted by atomic mass is 19.1. The maximum atomic E-state index is 13.9. The van der Waals surface area contributed by atoms with Gasteiger partial charge in [-0.1, -0.05) is 59.7 Å². The molecule has 0 heterocycles. The number of carbonyl (C=O) groups is 1. The summed E-state index contributed by atoms with van der Waals surface area (Å²) < 4.78 is 13.9. The Morgan fingerprint density at radius 3 is 1.86 bits per heavy atom. The van der Waals surface area contributed by atoms with E-state index in [-0.39, 0.29) is 11.6 Å². The van der Waals surface area contributed by atoms with Gasteiger partial charge in [0, 0.05) is 24.3 Å². The fourth-order valence-electron chi connectivity index (χ4n) is 3.21. The van der Waals surface area contributed by atoms with Crippen LogP contribution in [0.15, 0.2) is 72.8 Å². The van der Waals surface area contributed by atoms with Gasteiger partial charge >= 0.3 is 0 Å². The second-order valence-electron chi connectivity index (χ2n) is 7.47. The summed E-state index contributed by atoms with van der Waals surface area (Å²) in [6, 6.07) is 21.6. The van der Waals surface area contributed by atoms with Crippen molar-refractivity contribution in [1.82, 2.24) is 0 Å². The Balaban J connectivity index is 2.00. The van der Waals surface area contributed by atoms with Crippen molar-refractivity contribution < 1.29 is 9.18 Å². The summed E-state index contributed by atoms with van der Waals surface area (Å²) in [7, 11) is 0.